The summed E-state index contributed by atoms with van der Waals surface area (Å²) in [4.78, 5) is 29.4. The lowest BCUT2D eigenvalue weighted by molar-refractivity contribution is 0.0692. The number of aromatic carboxylic acids is 1. The van der Waals surface area contributed by atoms with Crippen LogP contribution >= 0.6 is 0 Å². The number of nitrogens with one attached hydrogen (secondary N) is 2. The summed E-state index contributed by atoms with van der Waals surface area (Å²) in [6.45, 7) is 0. The minimum absolute atomic E-state index is 0.0618. The Bertz CT molecular complexity index is 593. The second kappa shape index (κ2) is 4.04. The molecule has 0 saturated carbocycles. The molecule has 0 aliphatic carbocycles. The van der Waals surface area contributed by atoms with Gasteiger partial charge in [-0.05, 0) is 0 Å². The number of carboxylic acid groups (broad SMARTS) is 1. The highest BCUT2D eigenvalue weighted by Crippen LogP contribution is 2.14. The van der Waals surface area contributed by atoms with E-state index in [2.05, 4.69) is 30.2 Å². The van der Waals surface area contributed by atoms with Crippen LogP contribution in [0.3, 0.4) is 0 Å². The average Bonchev–Trinajstić information content (AvgIpc) is 2.71. The van der Waals surface area contributed by atoms with E-state index in [9.17, 15) is 9.59 Å². The molecule has 2 aromatic heterocycles. The van der Waals surface area contributed by atoms with Gasteiger partial charge in [0.1, 0.15) is 11.0 Å². The molecule has 2 aromatic rings. The number of amides is 1. The molecule has 9 heteroatoms. The Balaban J connectivity index is 2.44. The molecule has 0 fully saturated rings. The average molecular weight is 237 g/mol. The number of carboxylic acids is 1. The minimum atomic E-state index is -1.22. The third kappa shape index (κ3) is 1.97. The van der Waals surface area contributed by atoms with E-state index in [0.29, 0.717) is 5.52 Å². The fourth-order valence-corrected chi connectivity index (χ4v) is 1.16. The number of fused-ring (bicyclic) bond motifs is 1. The minimum Gasteiger partial charge on any atom is -0.476 e. The maximum atomic E-state index is 10.9. The SMILES string of the molecule is COC(=O)Nc1ncc2[nH]nc(C(=O)O)c2n1. The van der Waals surface area contributed by atoms with Gasteiger partial charge in [-0.15, -0.1) is 0 Å². The molecule has 17 heavy (non-hydrogen) atoms. The molecule has 0 aromatic carbocycles. The van der Waals surface area contributed by atoms with Crippen molar-refractivity contribution >= 4 is 29.0 Å². The maximum Gasteiger partial charge on any atom is 0.413 e. The zero-order valence-corrected chi connectivity index (χ0v) is 8.59. The highest BCUT2D eigenvalue weighted by Gasteiger charge is 2.15. The number of carbonyl (C=O) groups is 2. The van der Waals surface area contributed by atoms with Crippen LogP contribution < -0.4 is 5.32 Å². The van der Waals surface area contributed by atoms with Crippen LogP contribution in [0.25, 0.3) is 11.0 Å². The lowest BCUT2D eigenvalue weighted by Gasteiger charge is -2.00. The molecular weight excluding hydrogens is 230 g/mol. The molecule has 0 aliphatic heterocycles. The zero-order chi connectivity index (χ0) is 12.4. The molecule has 2 rings (SSSR count). The van der Waals surface area contributed by atoms with Gasteiger partial charge in [0, 0.05) is 0 Å². The van der Waals surface area contributed by atoms with Crippen LogP contribution in [-0.2, 0) is 4.74 Å². The van der Waals surface area contributed by atoms with Crippen LogP contribution in [0.5, 0.6) is 0 Å². The van der Waals surface area contributed by atoms with Crippen LogP contribution in [0.1, 0.15) is 10.5 Å². The van der Waals surface area contributed by atoms with Gasteiger partial charge >= 0.3 is 12.1 Å². The van der Waals surface area contributed by atoms with Crippen molar-refractivity contribution in [3.8, 4) is 0 Å². The van der Waals surface area contributed by atoms with Crippen molar-refractivity contribution < 1.29 is 19.4 Å². The van der Waals surface area contributed by atoms with Gasteiger partial charge < -0.3 is 9.84 Å². The van der Waals surface area contributed by atoms with Crippen molar-refractivity contribution in [3.63, 3.8) is 0 Å². The molecule has 3 N–H and O–H groups in total. The van der Waals surface area contributed by atoms with E-state index in [1.165, 1.54) is 13.3 Å². The fourth-order valence-electron chi connectivity index (χ4n) is 1.16. The molecule has 0 bridgehead atoms. The predicted molar refractivity (Wildman–Crippen MR) is 54.7 cm³/mol. The smallest absolute Gasteiger partial charge is 0.413 e. The van der Waals surface area contributed by atoms with Crippen molar-refractivity contribution in [3.05, 3.63) is 11.9 Å². The number of rotatable bonds is 2. The molecule has 0 unspecified atom stereocenters. The Labute approximate surface area is 93.8 Å². The summed E-state index contributed by atoms with van der Waals surface area (Å²) in [6, 6.07) is 0. The second-order valence-corrected chi connectivity index (χ2v) is 2.95. The Morgan fingerprint density at radius 2 is 2.29 bits per heavy atom. The molecule has 2 heterocycles. The summed E-state index contributed by atoms with van der Waals surface area (Å²) >= 11 is 0. The molecule has 0 saturated heterocycles. The summed E-state index contributed by atoms with van der Waals surface area (Å²) in [6.07, 6.45) is 0.567. The second-order valence-electron chi connectivity index (χ2n) is 2.95. The van der Waals surface area contributed by atoms with E-state index >= 15 is 0 Å². The van der Waals surface area contributed by atoms with Gasteiger partial charge in [-0.2, -0.15) is 5.10 Å². The number of hydrogen-bond donors (Lipinski definition) is 3. The number of anilines is 1. The van der Waals surface area contributed by atoms with E-state index in [-0.39, 0.29) is 17.2 Å². The maximum absolute atomic E-state index is 10.9. The highest BCUT2D eigenvalue weighted by atomic mass is 16.5. The van der Waals surface area contributed by atoms with Crippen LogP contribution in [0.15, 0.2) is 6.20 Å². The monoisotopic (exact) mass is 237 g/mol. The van der Waals surface area contributed by atoms with Crippen molar-refractivity contribution in [2.75, 3.05) is 12.4 Å². The molecular formula is C8H7N5O4. The summed E-state index contributed by atoms with van der Waals surface area (Å²) in [5.74, 6) is -1.28. The molecule has 88 valence electrons. The summed E-state index contributed by atoms with van der Waals surface area (Å²) in [7, 11) is 1.19. The highest BCUT2D eigenvalue weighted by molar-refractivity contribution is 5.99. The number of carbonyl (C=O) groups excluding carboxylic acids is 1. The largest absolute Gasteiger partial charge is 0.476 e. The number of ether oxygens (including phenoxy) is 1. The molecule has 9 nitrogen and oxygen atoms in total. The Morgan fingerprint density at radius 3 is 2.94 bits per heavy atom. The third-order valence-corrected chi connectivity index (χ3v) is 1.90. The topological polar surface area (TPSA) is 130 Å². The summed E-state index contributed by atoms with van der Waals surface area (Å²) in [5.41, 5.74) is 0.229. The Morgan fingerprint density at radius 1 is 1.53 bits per heavy atom. The van der Waals surface area contributed by atoms with Gasteiger partial charge in [-0.1, -0.05) is 0 Å². The van der Waals surface area contributed by atoms with Crippen LogP contribution in [0.4, 0.5) is 10.7 Å². The van der Waals surface area contributed by atoms with Crippen LogP contribution in [0.2, 0.25) is 0 Å². The lowest BCUT2D eigenvalue weighted by Crippen LogP contribution is -2.13. The van der Waals surface area contributed by atoms with Gasteiger partial charge in [-0.25, -0.2) is 19.6 Å². The van der Waals surface area contributed by atoms with Crippen molar-refractivity contribution in [1.29, 1.82) is 0 Å². The van der Waals surface area contributed by atoms with Gasteiger partial charge in [0.15, 0.2) is 5.69 Å². The van der Waals surface area contributed by atoms with E-state index < -0.39 is 12.1 Å². The lowest BCUT2D eigenvalue weighted by atomic mass is 10.3. The molecule has 0 spiro atoms. The predicted octanol–water partition coefficient (Wildman–Crippen LogP) is 0.229. The first-order valence-electron chi connectivity index (χ1n) is 4.41. The van der Waals surface area contributed by atoms with Gasteiger partial charge in [0.2, 0.25) is 5.95 Å². The van der Waals surface area contributed by atoms with Crippen molar-refractivity contribution in [2.45, 2.75) is 0 Å². The van der Waals surface area contributed by atoms with E-state index in [0.717, 1.165) is 0 Å². The first kappa shape index (κ1) is 10.8. The quantitative estimate of drug-likeness (QED) is 0.681. The fraction of sp³-hybridized carbons (Fsp3) is 0.125. The van der Waals surface area contributed by atoms with Gasteiger partial charge in [0.25, 0.3) is 0 Å². The first-order chi connectivity index (χ1) is 8.11. The number of nitrogens with zero attached hydrogens (tertiary/aromatic N) is 3. The first-order valence-corrected chi connectivity index (χ1v) is 4.41. The number of methoxy groups -OCH3 is 1. The van der Waals surface area contributed by atoms with E-state index in [4.69, 9.17) is 5.11 Å². The van der Waals surface area contributed by atoms with Gasteiger partial charge in [-0.3, -0.25) is 10.4 Å². The standard InChI is InChI=1S/C8H7N5O4/c1-17-8(16)11-7-9-2-3-4(10-7)5(6(14)15)13-12-3/h2H,1H3,(H,12,13)(H,14,15)(H,9,10,11,16). The van der Waals surface area contributed by atoms with E-state index in [1.54, 1.807) is 0 Å². The van der Waals surface area contributed by atoms with E-state index in [1.807, 2.05) is 0 Å². The number of H-pyrrole nitrogens is 1. The number of hydrogen-bond acceptors (Lipinski definition) is 6. The summed E-state index contributed by atoms with van der Waals surface area (Å²) in [5, 5.41) is 17.1. The zero-order valence-electron chi connectivity index (χ0n) is 8.59. The van der Waals surface area contributed by atoms with Crippen molar-refractivity contribution in [1.82, 2.24) is 20.2 Å². The normalized spacial score (nSPS) is 10.2. The summed E-state index contributed by atoms with van der Waals surface area (Å²) < 4.78 is 4.36. The molecule has 1 amide bonds. The molecule has 0 atom stereocenters. The molecule has 0 aliphatic rings. The number of aromatic nitrogens is 4. The van der Waals surface area contributed by atoms with Gasteiger partial charge in [0.05, 0.1) is 13.3 Å². The molecule has 0 radical (unpaired) electrons. The Hall–Kier alpha value is -2.71. The van der Waals surface area contributed by atoms with Crippen LogP contribution in [-0.4, -0.2) is 44.4 Å². The van der Waals surface area contributed by atoms with Crippen LogP contribution in [0, 0.1) is 0 Å². The third-order valence-electron chi connectivity index (χ3n) is 1.90. The Kier molecular flexibility index (Phi) is 2.57. The number of aromatic amines is 1. The van der Waals surface area contributed by atoms with Crippen molar-refractivity contribution in [2.24, 2.45) is 0 Å².